The van der Waals surface area contributed by atoms with Gasteiger partial charge in [0.2, 0.25) is 5.52 Å². The Labute approximate surface area is 153 Å². The molecule has 3 nitrogen and oxygen atoms in total. The van der Waals surface area contributed by atoms with Crippen LogP contribution in [0, 0.1) is 0 Å². The Kier molecular flexibility index (Phi) is 5.39. The molecule has 0 bridgehead atoms. The summed E-state index contributed by atoms with van der Waals surface area (Å²) in [5.74, 6) is 0.324. The number of fused-ring (bicyclic) bond motifs is 1. The summed E-state index contributed by atoms with van der Waals surface area (Å²) < 4.78 is 3.59. The Morgan fingerprint density at radius 3 is 2.48 bits per heavy atom. The maximum absolute atomic E-state index is 10.4. The summed E-state index contributed by atoms with van der Waals surface area (Å²) in [6.45, 7) is 9.20. The zero-order valence-electron chi connectivity index (χ0n) is 15.1. The molecule has 0 amide bonds. The molecule has 0 unspecified atom stereocenters. The molecular weight excluding hydrogens is 328 g/mol. The van der Waals surface area contributed by atoms with Crippen LogP contribution in [0.4, 0.5) is 5.69 Å². The van der Waals surface area contributed by atoms with E-state index in [9.17, 15) is 5.11 Å². The lowest BCUT2D eigenvalue weighted by molar-refractivity contribution is -0.665. The van der Waals surface area contributed by atoms with E-state index in [1.807, 2.05) is 18.2 Å². The zero-order valence-corrected chi connectivity index (χ0v) is 15.9. The Morgan fingerprint density at radius 2 is 1.80 bits per heavy atom. The molecule has 130 valence electrons. The lowest BCUT2D eigenvalue weighted by Gasteiger charge is -2.21. The summed E-state index contributed by atoms with van der Waals surface area (Å²) in [6, 6.07) is 14.4. The van der Waals surface area contributed by atoms with Crippen LogP contribution < -0.4 is 9.47 Å². The third kappa shape index (κ3) is 3.54. The Balaban J connectivity index is 1.92. The largest absolute Gasteiger partial charge is 0.507 e. The number of para-hydroxylation sites is 1. The molecule has 1 heterocycles. The van der Waals surface area contributed by atoms with Crippen LogP contribution in [-0.4, -0.2) is 18.2 Å². The van der Waals surface area contributed by atoms with Crippen LogP contribution >= 0.6 is 11.3 Å². The second-order valence-corrected chi connectivity index (χ2v) is 6.96. The molecule has 4 heteroatoms. The molecule has 0 aliphatic heterocycles. The quantitative estimate of drug-likeness (QED) is 0.636. The molecule has 0 aliphatic carbocycles. The second-order valence-electron chi connectivity index (χ2n) is 5.90. The van der Waals surface area contributed by atoms with Crippen molar-refractivity contribution >= 4 is 39.4 Å². The Morgan fingerprint density at radius 1 is 1.04 bits per heavy atom. The standard InChI is InChI=1S/C21H24N2OS/c1-4-22(5-2)17-13-11-16(19(24)15-17)12-14-21-23(6-3)18-9-7-8-10-20(18)25-21/h7-15H,4-6H2,1-3H3/p+1. The fourth-order valence-electron chi connectivity index (χ4n) is 3.12. The summed E-state index contributed by atoms with van der Waals surface area (Å²) in [5.41, 5.74) is 3.16. The number of rotatable bonds is 6. The van der Waals surface area contributed by atoms with Gasteiger partial charge >= 0.3 is 0 Å². The number of anilines is 1. The first-order valence-electron chi connectivity index (χ1n) is 8.85. The summed E-state index contributed by atoms with van der Waals surface area (Å²) in [7, 11) is 0. The lowest BCUT2D eigenvalue weighted by atomic mass is 10.1. The molecule has 1 N–H and O–H groups in total. The first kappa shape index (κ1) is 17.5. The van der Waals surface area contributed by atoms with Crippen LogP contribution in [-0.2, 0) is 6.54 Å². The molecule has 0 spiro atoms. The predicted octanol–water partition coefficient (Wildman–Crippen LogP) is 4.93. The first-order valence-corrected chi connectivity index (χ1v) is 9.67. The first-order chi connectivity index (χ1) is 12.2. The van der Waals surface area contributed by atoms with Gasteiger partial charge in [0.05, 0.1) is 0 Å². The molecule has 0 aliphatic rings. The minimum atomic E-state index is 0.324. The molecule has 1 aromatic heterocycles. The summed E-state index contributed by atoms with van der Waals surface area (Å²) in [4.78, 5) is 2.23. The van der Waals surface area contributed by atoms with E-state index in [0.29, 0.717) is 5.75 Å². The van der Waals surface area contributed by atoms with Gasteiger partial charge in [-0.05, 0) is 45.0 Å². The van der Waals surface area contributed by atoms with Gasteiger partial charge in [-0.2, -0.15) is 4.57 Å². The zero-order chi connectivity index (χ0) is 17.8. The highest BCUT2D eigenvalue weighted by molar-refractivity contribution is 7.18. The Hall–Kier alpha value is -2.33. The van der Waals surface area contributed by atoms with Crippen molar-refractivity contribution < 1.29 is 9.67 Å². The van der Waals surface area contributed by atoms with E-state index < -0.39 is 0 Å². The van der Waals surface area contributed by atoms with Crippen molar-refractivity contribution in [3.8, 4) is 5.75 Å². The van der Waals surface area contributed by atoms with Crippen molar-refractivity contribution in [3.05, 3.63) is 53.0 Å². The molecule has 0 fully saturated rings. The van der Waals surface area contributed by atoms with Crippen molar-refractivity contribution in [2.24, 2.45) is 0 Å². The van der Waals surface area contributed by atoms with Gasteiger partial charge < -0.3 is 10.0 Å². The third-order valence-electron chi connectivity index (χ3n) is 4.50. The number of hydrogen-bond acceptors (Lipinski definition) is 3. The van der Waals surface area contributed by atoms with Crippen molar-refractivity contribution in [2.75, 3.05) is 18.0 Å². The maximum Gasteiger partial charge on any atom is 0.262 e. The van der Waals surface area contributed by atoms with Gasteiger partial charge in [-0.25, -0.2) is 0 Å². The van der Waals surface area contributed by atoms with E-state index >= 15 is 0 Å². The smallest absolute Gasteiger partial charge is 0.262 e. The molecule has 0 saturated heterocycles. The van der Waals surface area contributed by atoms with E-state index in [0.717, 1.165) is 30.9 Å². The lowest BCUT2D eigenvalue weighted by Crippen LogP contribution is -2.33. The fourth-order valence-corrected chi connectivity index (χ4v) is 4.25. The van der Waals surface area contributed by atoms with Gasteiger partial charge in [-0.15, -0.1) is 0 Å². The van der Waals surface area contributed by atoms with Gasteiger partial charge in [0, 0.05) is 42.5 Å². The van der Waals surface area contributed by atoms with Crippen LogP contribution in [0.5, 0.6) is 5.75 Å². The number of benzene rings is 2. The van der Waals surface area contributed by atoms with Crippen molar-refractivity contribution in [3.63, 3.8) is 0 Å². The predicted molar refractivity (Wildman–Crippen MR) is 108 cm³/mol. The van der Waals surface area contributed by atoms with Crippen LogP contribution in [0.2, 0.25) is 0 Å². The molecule has 0 radical (unpaired) electrons. The number of aromatic hydroxyl groups is 1. The van der Waals surface area contributed by atoms with E-state index in [2.05, 4.69) is 66.6 Å². The molecule has 0 saturated carbocycles. The van der Waals surface area contributed by atoms with E-state index in [4.69, 9.17) is 0 Å². The number of aromatic nitrogens is 1. The monoisotopic (exact) mass is 353 g/mol. The maximum atomic E-state index is 10.4. The summed E-state index contributed by atoms with van der Waals surface area (Å²) in [6.07, 6.45) is 4.10. The normalized spacial score (nSPS) is 11.5. The number of thiazole rings is 1. The van der Waals surface area contributed by atoms with Gasteiger partial charge in [0.15, 0.2) is 0 Å². The van der Waals surface area contributed by atoms with E-state index in [-0.39, 0.29) is 0 Å². The number of phenolic OH excluding ortho intramolecular Hbond substituents is 1. The summed E-state index contributed by atoms with van der Waals surface area (Å²) >= 11 is 1.78. The highest BCUT2D eigenvalue weighted by Gasteiger charge is 2.16. The van der Waals surface area contributed by atoms with Crippen LogP contribution in [0.3, 0.4) is 0 Å². The van der Waals surface area contributed by atoms with Gasteiger partial charge in [-0.1, -0.05) is 23.5 Å². The molecule has 0 atom stereocenters. The number of hydrogen-bond donors (Lipinski definition) is 1. The Bertz CT molecular complexity index is 894. The highest BCUT2D eigenvalue weighted by Crippen LogP contribution is 2.27. The molecule has 25 heavy (non-hydrogen) atoms. The number of nitrogens with zero attached hydrogens (tertiary/aromatic N) is 2. The average Bonchev–Trinajstić information content (AvgIpc) is 2.99. The van der Waals surface area contributed by atoms with Crippen molar-refractivity contribution in [1.29, 1.82) is 0 Å². The highest BCUT2D eigenvalue weighted by atomic mass is 32.1. The minimum Gasteiger partial charge on any atom is -0.507 e. The molecule has 2 aromatic carbocycles. The molecule has 3 rings (SSSR count). The minimum absolute atomic E-state index is 0.324. The van der Waals surface area contributed by atoms with Crippen molar-refractivity contribution in [1.82, 2.24) is 0 Å². The van der Waals surface area contributed by atoms with Crippen LogP contribution in [0.1, 0.15) is 31.3 Å². The van der Waals surface area contributed by atoms with E-state index in [1.54, 1.807) is 11.3 Å². The van der Waals surface area contributed by atoms with Gasteiger partial charge in [0.25, 0.3) is 5.01 Å². The number of phenols is 1. The second kappa shape index (κ2) is 7.70. The van der Waals surface area contributed by atoms with Crippen LogP contribution in [0.15, 0.2) is 42.5 Å². The van der Waals surface area contributed by atoms with Crippen molar-refractivity contribution in [2.45, 2.75) is 27.3 Å². The topological polar surface area (TPSA) is 27.4 Å². The van der Waals surface area contributed by atoms with Gasteiger partial charge in [-0.3, -0.25) is 0 Å². The van der Waals surface area contributed by atoms with E-state index in [1.165, 1.54) is 15.2 Å². The fraction of sp³-hybridized carbons (Fsp3) is 0.286. The summed E-state index contributed by atoms with van der Waals surface area (Å²) in [5, 5.41) is 11.6. The SMILES string of the molecule is CCN(CC)c1ccc(C=Cc2sc3ccccc3[n+]2CC)c(O)c1. The van der Waals surface area contributed by atoms with Gasteiger partial charge in [0.1, 0.15) is 17.0 Å². The number of aryl methyl sites for hydroxylation is 1. The third-order valence-corrected chi connectivity index (χ3v) is 5.63. The molecular formula is C21H25N2OS+. The van der Waals surface area contributed by atoms with Crippen LogP contribution in [0.25, 0.3) is 22.4 Å². The average molecular weight is 354 g/mol. The molecule has 3 aromatic rings.